The maximum Gasteiger partial charge on any atom is 0.125 e. The summed E-state index contributed by atoms with van der Waals surface area (Å²) in [6.45, 7) is 1.94. The van der Waals surface area contributed by atoms with Crippen molar-refractivity contribution in [1.29, 1.82) is 0 Å². The molecule has 0 saturated carbocycles. The molecule has 0 bridgehead atoms. The van der Waals surface area contributed by atoms with Gasteiger partial charge in [0.2, 0.25) is 0 Å². The third-order valence-electron chi connectivity index (χ3n) is 1.23. The van der Waals surface area contributed by atoms with Gasteiger partial charge in [0.05, 0.1) is 0 Å². The lowest BCUT2D eigenvalue weighted by molar-refractivity contribution is 0.570. The maximum absolute atomic E-state index is 9.79. The number of rotatable bonds is 1. The van der Waals surface area contributed by atoms with E-state index >= 15 is 0 Å². The van der Waals surface area contributed by atoms with Crippen LogP contribution >= 0.6 is 0 Å². The molecule has 1 aromatic carbocycles. The predicted octanol–water partition coefficient (Wildman–Crippen LogP) is 2.56. The van der Waals surface area contributed by atoms with Gasteiger partial charge in [0.25, 0.3) is 0 Å². The Bertz CT molecular complexity index is 300. The molecule has 0 aliphatic rings. The number of terminal acetylenes is 1. The van der Waals surface area contributed by atoms with Gasteiger partial charge in [-0.1, -0.05) is 37.3 Å². The van der Waals surface area contributed by atoms with E-state index in [-0.39, 0.29) is 0 Å². The van der Waals surface area contributed by atoms with Crippen LogP contribution in [0.5, 0.6) is 0 Å². The highest BCUT2D eigenvalue weighted by Gasteiger charge is 1.78. The summed E-state index contributed by atoms with van der Waals surface area (Å²) in [5, 5.41) is 0. The molecule has 0 amide bonds. The SMILES string of the molecule is C#CCC.O=C=Cc1ccccc1. The molecule has 0 heterocycles. The summed E-state index contributed by atoms with van der Waals surface area (Å²) in [5.74, 6) is 4.14. The lowest BCUT2D eigenvalue weighted by Gasteiger charge is -1.83. The number of benzene rings is 1. The Hall–Kier alpha value is -1.77. The highest BCUT2D eigenvalue weighted by molar-refractivity contribution is 5.74. The van der Waals surface area contributed by atoms with Crippen LogP contribution in [0.4, 0.5) is 0 Å². The first-order valence-corrected chi connectivity index (χ1v) is 4.04. The number of carbonyl (C=O) groups excluding carboxylic acids is 1. The largest absolute Gasteiger partial charge is 0.233 e. The Morgan fingerprint density at radius 2 is 1.92 bits per heavy atom. The second-order valence-electron chi connectivity index (χ2n) is 2.23. The van der Waals surface area contributed by atoms with Crippen molar-refractivity contribution in [3.63, 3.8) is 0 Å². The minimum Gasteiger partial charge on any atom is -0.233 e. The fraction of sp³-hybridized carbons (Fsp3) is 0.167. The van der Waals surface area contributed by atoms with Gasteiger partial charge in [0.1, 0.15) is 5.94 Å². The minimum atomic E-state index is 0.847. The van der Waals surface area contributed by atoms with Crippen LogP contribution in [0.3, 0.4) is 0 Å². The molecular weight excluding hydrogens is 160 g/mol. The second kappa shape index (κ2) is 8.33. The molecule has 66 valence electrons. The molecular formula is C12H12O. The smallest absolute Gasteiger partial charge is 0.125 e. The van der Waals surface area contributed by atoms with Gasteiger partial charge in [-0.25, -0.2) is 4.79 Å². The Labute approximate surface area is 79.1 Å². The third-order valence-corrected chi connectivity index (χ3v) is 1.23. The van der Waals surface area contributed by atoms with Gasteiger partial charge in [-0.2, -0.15) is 0 Å². The quantitative estimate of drug-likeness (QED) is 0.470. The summed E-state index contributed by atoms with van der Waals surface area (Å²) >= 11 is 0. The molecule has 1 nitrogen and oxygen atoms in total. The predicted molar refractivity (Wildman–Crippen MR) is 55.7 cm³/mol. The van der Waals surface area contributed by atoms with Crippen molar-refractivity contribution in [2.75, 3.05) is 0 Å². The summed E-state index contributed by atoms with van der Waals surface area (Å²) in [7, 11) is 0. The zero-order chi connectivity index (χ0) is 9.94. The third kappa shape index (κ3) is 6.62. The van der Waals surface area contributed by atoms with Crippen LogP contribution in [0.2, 0.25) is 0 Å². The summed E-state index contributed by atoms with van der Waals surface area (Å²) in [6, 6.07) is 9.37. The Kier molecular flexibility index (Phi) is 7.19. The van der Waals surface area contributed by atoms with E-state index in [1.165, 1.54) is 6.08 Å². The molecule has 0 N–H and O–H groups in total. The van der Waals surface area contributed by atoms with Crippen LogP contribution < -0.4 is 0 Å². The van der Waals surface area contributed by atoms with Crippen molar-refractivity contribution >= 4 is 12.0 Å². The van der Waals surface area contributed by atoms with Crippen molar-refractivity contribution in [1.82, 2.24) is 0 Å². The Balaban J connectivity index is 0.000000310. The van der Waals surface area contributed by atoms with Crippen LogP contribution in [-0.2, 0) is 4.79 Å². The molecule has 13 heavy (non-hydrogen) atoms. The van der Waals surface area contributed by atoms with Crippen molar-refractivity contribution in [2.24, 2.45) is 0 Å². The molecule has 1 rings (SSSR count). The van der Waals surface area contributed by atoms with Crippen molar-refractivity contribution in [3.05, 3.63) is 35.9 Å². The van der Waals surface area contributed by atoms with Crippen LogP contribution in [0.1, 0.15) is 18.9 Å². The van der Waals surface area contributed by atoms with Gasteiger partial charge in [0.15, 0.2) is 0 Å². The van der Waals surface area contributed by atoms with Crippen molar-refractivity contribution < 1.29 is 4.79 Å². The fourth-order valence-electron chi connectivity index (χ4n) is 0.617. The average Bonchev–Trinajstić information content (AvgIpc) is 2.20. The lowest BCUT2D eigenvalue weighted by Crippen LogP contribution is -1.66. The summed E-state index contributed by atoms with van der Waals surface area (Å²) in [4.78, 5) is 9.79. The van der Waals surface area contributed by atoms with Crippen LogP contribution in [-0.4, -0.2) is 5.94 Å². The molecule has 0 saturated heterocycles. The van der Waals surface area contributed by atoms with E-state index in [1.807, 2.05) is 37.3 Å². The zero-order valence-electron chi connectivity index (χ0n) is 7.66. The van der Waals surface area contributed by atoms with Gasteiger partial charge >= 0.3 is 0 Å². The normalized spacial score (nSPS) is 7.08. The number of hydrogen-bond donors (Lipinski definition) is 0. The molecule has 0 atom stereocenters. The minimum absolute atomic E-state index is 0.847. The highest BCUT2D eigenvalue weighted by atomic mass is 16.1. The van der Waals surface area contributed by atoms with E-state index in [0.29, 0.717) is 0 Å². The van der Waals surface area contributed by atoms with E-state index in [9.17, 15) is 4.79 Å². The Morgan fingerprint density at radius 3 is 2.31 bits per heavy atom. The van der Waals surface area contributed by atoms with E-state index in [4.69, 9.17) is 6.42 Å². The fourth-order valence-corrected chi connectivity index (χ4v) is 0.617. The molecule has 0 aliphatic carbocycles. The molecule has 0 fully saturated rings. The van der Waals surface area contributed by atoms with Gasteiger partial charge in [-0.05, 0) is 5.56 Å². The van der Waals surface area contributed by atoms with Gasteiger partial charge in [0, 0.05) is 12.5 Å². The van der Waals surface area contributed by atoms with E-state index < -0.39 is 0 Å². The van der Waals surface area contributed by atoms with Crippen LogP contribution in [0.25, 0.3) is 6.08 Å². The summed E-state index contributed by atoms with van der Waals surface area (Å²) < 4.78 is 0. The molecule has 1 heteroatoms. The topological polar surface area (TPSA) is 17.1 Å². The monoisotopic (exact) mass is 172 g/mol. The first kappa shape index (κ1) is 11.2. The lowest BCUT2D eigenvalue weighted by atomic mass is 10.2. The number of hydrogen-bond acceptors (Lipinski definition) is 1. The van der Waals surface area contributed by atoms with E-state index in [0.717, 1.165) is 12.0 Å². The molecule has 1 aromatic rings. The summed E-state index contributed by atoms with van der Waals surface area (Å²) in [6.07, 6.45) is 7.03. The van der Waals surface area contributed by atoms with Crippen LogP contribution in [0.15, 0.2) is 30.3 Å². The standard InChI is InChI=1S/C8H6O.C4H6/c9-7-6-8-4-2-1-3-5-8;1-3-4-2/h1-6H;1H,4H2,2H3. The molecule has 0 aromatic heterocycles. The first-order valence-electron chi connectivity index (χ1n) is 4.04. The molecule has 0 radical (unpaired) electrons. The van der Waals surface area contributed by atoms with Gasteiger partial charge in [-0.3, -0.25) is 0 Å². The van der Waals surface area contributed by atoms with Gasteiger partial charge < -0.3 is 0 Å². The first-order chi connectivity index (χ1) is 6.35. The summed E-state index contributed by atoms with van der Waals surface area (Å²) in [5.41, 5.74) is 0.896. The molecule has 0 unspecified atom stereocenters. The molecule has 0 spiro atoms. The van der Waals surface area contributed by atoms with Crippen LogP contribution in [0, 0.1) is 12.3 Å². The second-order valence-corrected chi connectivity index (χ2v) is 2.23. The molecule has 0 aliphatic heterocycles. The maximum atomic E-state index is 9.79. The van der Waals surface area contributed by atoms with E-state index in [2.05, 4.69) is 5.92 Å². The van der Waals surface area contributed by atoms with E-state index in [1.54, 1.807) is 5.94 Å². The highest BCUT2D eigenvalue weighted by Crippen LogP contribution is 1.97. The Morgan fingerprint density at radius 1 is 1.38 bits per heavy atom. The van der Waals surface area contributed by atoms with Crippen molar-refractivity contribution in [2.45, 2.75) is 13.3 Å². The average molecular weight is 172 g/mol. The van der Waals surface area contributed by atoms with Gasteiger partial charge in [-0.15, -0.1) is 12.3 Å². The van der Waals surface area contributed by atoms with Crippen molar-refractivity contribution in [3.8, 4) is 12.3 Å². The zero-order valence-corrected chi connectivity index (χ0v) is 7.66.